The number of nitrogens with zero attached hydrogens (tertiary/aromatic N) is 1. The average Bonchev–Trinajstić information content (AvgIpc) is 3.21. The number of aromatic nitrogens is 1. The van der Waals surface area contributed by atoms with Crippen molar-refractivity contribution in [3.8, 4) is 22.4 Å². The molecule has 0 saturated carbocycles. The summed E-state index contributed by atoms with van der Waals surface area (Å²) in [6.07, 6.45) is 8.06. The number of hydrogen-bond donors (Lipinski definition) is 2. The quantitative estimate of drug-likeness (QED) is 0.314. The number of rotatable bonds is 6. The molecule has 0 fully saturated rings. The summed E-state index contributed by atoms with van der Waals surface area (Å²) >= 11 is 1.37. The summed E-state index contributed by atoms with van der Waals surface area (Å²) in [5.74, 6) is -0.118. The maximum absolute atomic E-state index is 13.1. The Kier molecular flexibility index (Phi) is 6.22. The molecule has 0 radical (unpaired) electrons. The summed E-state index contributed by atoms with van der Waals surface area (Å²) in [7, 11) is 0. The highest BCUT2D eigenvalue weighted by molar-refractivity contribution is 7.21. The van der Waals surface area contributed by atoms with Gasteiger partial charge in [-0.2, -0.15) is 0 Å². The van der Waals surface area contributed by atoms with E-state index in [1.165, 1.54) is 29.8 Å². The second kappa shape index (κ2) is 9.59. The number of carbonyl (C=O) groups is 1. The molecule has 0 saturated heterocycles. The number of allylic oxidation sites excluding steroid dienone is 1. The highest BCUT2D eigenvalue weighted by Crippen LogP contribution is 2.41. The van der Waals surface area contributed by atoms with Gasteiger partial charge in [0.2, 0.25) is 0 Å². The highest BCUT2D eigenvalue weighted by atomic mass is 32.1. The third kappa shape index (κ3) is 4.55. The molecule has 2 heterocycles. The van der Waals surface area contributed by atoms with Crippen LogP contribution in [0.1, 0.15) is 41.8 Å². The van der Waals surface area contributed by atoms with Crippen molar-refractivity contribution in [1.82, 2.24) is 10.3 Å². The van der Waals surface area contributed by atoms with Crippen molar-refractivity contribution in [3.05, 3.63) is 83.3 Å². The van der Waals surface area contributed by atoms with Crippen molar-refractivity contribution in [3.63, 3.8) is 0 Å². The van der Waals surface area contributed by atoms with Crippen LogP contribution >= 0.6 is 11.3 Å². The van der Waals surface area contributed by atoms with Gasteiger partial charge in [-0.05, 0) is 49.3 Å². The van der Waals surface area contributed by atoms with E-state index in [9.17, 15) is 4.79 Å². The van der Waals surface area contributed by atoms with Crippen molar-refractivity contribution in [1.29, 1.82) is 0 Å². The van der Waals surface area contributed by atoms with Crippen LogP contribution in [0.5, 0.6) is 0 Å². The zero-order chi connectivity index (χ0) is 22.6. The lowest BCUT2D eigenvalue weighted by Gasteiger charge is -2.12. The van der Waals surface area contributed by atoms with Crippen molar-refractivity contribution in [2.45, 2.75) is 32.1 Å². The molecule has 5 heteroatoms. The van der Waals surface area contributed by atoms with Gasteiger partial charge < -0.3 is 11.1 Å². The minimum atomic E-state index is -0.118. The fourth-order valence-electron chi connectivity index (χ4n) is 4.44. The summed E-state index contributed by atoms with van der Waals surface area (Å²) in [5, 5.41) is 3.93. The van der Waals surface area contributed by atoms with E-state index >= 15 is 0 Å². The first-order chi connectivity index (χ1) is 16.2. The Morgan fingerprint density at radius 1 is 1.00 bits per heavy atom. The number of nitrogens with one attached hydrogen (secondary N) is 1. The number of benzene rings is 2. The van der Waals surface area contributed by atoms with Gasteiger partial charge in [-0.15, -0.1) is 11.3 Å². The van der Waals surface area contributed by atoms with Crippen LogP contribution in [-0.2, 0) is 0 Å². The number of anilines is 1. The molecule has 166 valence electrons. The van der Waals surface area contributed by atoms with Crippen LogP contribution in [0, 0.1) is 0 Å². The molecule has 0 spiro atoms. The molecule has 1 aliphatic rings. The maximum Gasteiger partial charge on any atom is 0.263 e. The van der Waals surface area contributed by atoms with Gasteiger partial charge in [0, 0.05) is 17.5 Å². The van der Waals surface area contributed by atoms with Gasteiger partial charge in [-0.25, -0.2) is 4.98 Å². The number of nitrogen functional groups attached to an aromatic ring is 1. The van der Waals surface area contributed by atoms with Crippen molar-refractivity contribution in [2.75, 3.05) is 12.3 Å². The fourth-order valence-corrected chi connectivity index (χ4v) is 5.48. The van der Waals surface area contributed by atoms with E-state index in [-0.39, 0.29) is 5.91 Å². The summed E-state index contributed by atoms with van der Waals surface area (Å²) < 4.78 is 0. The van der Waals surface area contributed by atoms with E-state index in [0.29, 0.717) is 17.1 Å². The monoisotopic (exact) mass is 453 g/mol. The first kappa shape index (κ1) is 21.4. The third-order valence-electron chi connectivity index (χ3n) is 6.18. The smallest absolute Gasteiger partial charge is 0.263 e. The van der Waals surface area contributed by atoms with Crippen LogP contribution in [0.25, 0.3) is 32.6 Å². The molecule has 0 bridgehead atoms. The van der Waals surface area contributed by atoms with Crippen molar-refractivity contribution >= 4 is 33.1 Å². The van der Waals surface area contributed by atoms with E-state index in [0.717, 1.165) is 51.9 Å². The number of carbonyl (C=O) groups excluding carboxylic acids is 1. The largest absolute Gasteiger partial charge is 0.397 e. The molecule has 33 heavy (non-hydrogen) atoms. The first-order valence-corrected chi connectivity index (χ1v) is 12.3. The minimum Gasteiger partial charge on any atom is -0.397 e. The molecule has 0 unspecified atom stereocenters. The van der Waals surface area contributed by atoms with Gasteiger partial charge in [-0.1, -0.05) is 72.3 Å². The molecular weight excluding hydrogens is 426 g/mol. The Labute approximate surface area is 198 Å². The van der Waals surface area contributed by atoms with Gasteiger partial charge in [0.1, 0.15) is 9.71 Å². The standard InChI is InChI=1S/C28H27N3OS/c29-25-24-22(20-12-6-2-7-13-20)18-23(21-14-8-3-9-15-21)31-28(24)33-26(25)27(32)30-17-16-19-10-4-1-5-11-19/h2-3,6-10,12-15,18H,1,4-5,11,16-17,29H2,(H,30,32). The molecule has 5 rings (SSSR count). The van der Waals surface area contributed by atoms with Gasteiger partial charge in [0.25, 0.3) is 5.91 Å². The van der Waals surface area contributed by atoms with Crippen LogP contribution < -0.4 is 11.1 Å². The van der Waals surface area contributed by atoms with E-state index in [1.54, 1.807) is 0 Å². The number of fused-ring (bicyclic) bond motifs is 1. The lowest BCUT2D eigenvalue weighted by atomic mass is 9.97. The molecule has 4 nitrogen and oxygen atoms in total. The molecular formula is C28H27N3OS. The number of nitrogens with two attached hydrogens (primary N) is 1. The van der Waals surface area contributed by atoms with E-state index in [1.807, 2.05) is 48.5 Å². The molecule has 1 amide bonds. The zero-order valence-corrected chi connectivity index (χ0v) is 19.3. The molecule has 2 aromatic heterocycles. The predicted molar refractivity (Wildman–Crippen MR) is 138 cm³/mol. The Balaban J connectivity index is 1.51. The lowest BCUT2D eigenvalue weighted by molar-refractivity contribution is 0.0959. The summed E-state index contributed by atoms with van der Waals surface area (Å²) in [6, 6.07) is 22.3. The normalized spacial score (nSPS) is 13.6. The first-order valence-electron chi connectivity index (χ1n) is 11.5. The van der Waals surface area contributed by atoms with E-state index in [2.05, 4.69) is 29.6 Å². The topological polar surface area (TPSA) is 68.0 Å². The summed E-state index contributed by atoms with van der Waals surface area (Å²) in [6.45, 7) is 0.632. The fraction of sp³-hybridized carbons (Fsp3) is 0.214. The maximum atomic E-state index is 13.1. The van der Waals surface area contributed by atoms with Gasteiger partial charge in [0.15, 0.2) is 0 Å². The van der Waals surface area contributed by atoms with Crippen LogP contribution in [0.3, 0.4) is 0 Å². The molecule has 0 atom stereocenters. The third-order valence-corrected chi connectivity index (χ3v) is 7.27. The van der Waals surface area contributed by atoms with Crippen LogP contribution in [-0.4, -0.2) is 17.4 Å². The number of hydrogen-bond acceptors (Lipinski definition) is 4. The van der Waals surface area contributed by atoms with Gasteiger partial charge in [-0.3, -0.25) is 4.79 Å². The second-order valence-corrected chi connectivity index (χ2v) is 9.43. The van der Waals surface area contributed by atoms with Gasteiger partial charge in [0.05, 0.1) is 11.4 Å². The molecule has 4 aromatic rings. The van der Waals surface area contributed by atoms with Gasteiger partial charge >= 0.3 is 0 Å². The Morgan fingerprint density at radius 2 is 1.73 bits per heavy atom. The van der Waals surface area contributed by atoms with Crippen LogP contribution in [0.4, 0.5) is 5.69 Å². The van der Waals surface area contributed by atoms with Crippen molar-refractivity contribution < 1.29 is 4.79 Å². The SMILES string of the molecule is Nc1c(C(=O)NCCC2=CCCCC2)sc2nc(-c3ccccc3)cc(-c3ccccc3)c12. The molecule has 1 aliphatic carbocycles. The summed E-state index contributed by atoms with van der Waals surface area (Å²) in [5.41, 5.74) is 12.5. The molecule has 3 N–H and O–H groups in total. The Hall–Kier alpha value is -3.44. The lowest BCUT2D eigenvalue weighted by Crippen LogP contribution is -2.24. The van der Waals surface area contributed by atoms with E-state index in [4.69, 9.17) is 10.7 Å². The van der Waals surface area contributed by atoms with Crippen LogP contribution in [0.2, 0.25) is 0 Å². The predicted octanol–water partition coefficient (Wildman–Crippen LogP) is 6.83. The zero-order valence-electron chi connectivity index (χ0n) is 18.5. The Morgan fingerprint density at radius 3 is 2.42 bits per heavy atom. The average molecular weight is 454 g/mol. The number of thiophene rings is 1. The summed E-state index contributed by atoms with van der Waals surface area (Å²) in [4.78, 5) is 19.3. The second-order valence-electron chi connectivity index (χ2n) is 8.43. The molecule has 0 aliphatic heterocycles. The Bertz CT molecular complexity index is 1310. The molecule has 2 aromatic carbocycles. The van der Waals surface area contributed by atoms with E-state index < -0.39 is 0 Å². The minimum absolute atomic E-state index is 0.118. The number of pyridine rings is 1. The highest BCUT2D eigenvalue weighted by Gasteiger charge is 2.21. The number of amides is 1. The van der Waals surface area contributed by atoms with Crippen molar-refractivity contribution in [2.24, 2.45) is 0 Å². The van der Waals surface area contributed by atoms with Crippen LogP contribution in [0.15, 0.2) is 78.4 Å².